The van der Waals surface area contributed by atoms with Gasteiger partial charge >= 0.3 is 0 Å². The van der Waals surface area contributed by atoms with E-state index in [1.54, 1.807) is 4.90 Å². The minimum atomic E-state index is -0.188. The van der Waals surface area contributed by atoms with Crippen molar-refractivity contribution in [3.63, 3.8) is 0 Å². The minimum absolute atomic E-state index is 0.0258. The first kappa shape index (κ1) is 21.5. The quantitative estimate of drug-likeness (QED) is 0.684. The number of rotatable bonds is 10. The van der Waals surface area contributed by atoms with E-state index >= 15 is 0 Å². The molecule has 6 heteroatoms. The Kier molecular flexibility index (Phi) is 8.59. The van der Waals surface area contributed by atoms with Gasteiger partial charge in [-0.3, -0.25) is 14.6 Å². The predicted octanol–water partition coefficient (Wildman–Crippen LogP) is 3.24. The normalized spacial score (nSPS) is 12.8. The van der Waals surface area contributed by atoms with Gasteiger partial charge < -0.3 is 10.2 Å². The van der Waals surface area contributed by atoms with Crippen LogP contribution in [0.15, 0.2) is 48.9 Å². The maximum atomic E-state index is 12.7. The molecule has 6 nitrogen and oxygen atoms in total. The van der Waals surface area contributed by atoms with Crippen LogP contribution in [-0.2, 0) is 11.2 Å². The first-order valence-electron chi connectivity index (χ1n) is 9.91. The molecule has 0 fully saturated rings. The van der Waals surface area contributed by atoms with Gasteiger partial charge in [-0.15, -0.1) is 0 Å². The average Bonchev–Trinajstić information content (AvgIpc) is 2.73. The number of carbonyl (C=O) groups excluding carboxylic acids is 2. The van der Waals surface area contributed by atoms with Crippen molar-refractivity contribution >= 4 is 11.8 Å². The van der Waals surface area contributed by atoms with E-state index in [0.29, 0.717) is 12.2 Å². The molecule has 2 amide bonds. The monoisotopic (exact) mass is 382 g/mol. The molecule has 0 saturated heterocycles. The highest BCUT2D eigenvalue weighted by Crippen LogP contribution is 2.10. The third kappa shape index (κ3) is 6.76. The van der Waals surface area contributed by atoms with E-state index in [0.717, 1.165) is 19.3 Å². The van der Waals surface area contributed by atoms with Crippen molar-refractivity contribution in [3.05, 3.63) is 60.2 Å². The van der Waals surface area contributed by atoms with Crippen LogP contribution in [0.2, 0.25) is 0 Å². The van der Waals surface area contributed by atoms with Crippen LogP contribution >= 0.6 is 0 Å². The lowest BCUT2D eigenvalue weighted by atomic mass is 10.1. The van der Waals surface area contributed by atoms with Gasteiger partial charge in [0.2, 0.25) is 5.91 Å². The Morgan fingerprint density at radius 2 is 1.89 bits per heavy atom. The number of nitrogens with zero attached hydrogens (tertiary/aromatic N) is 3. The standard InChI is InChI=1S/C22H30N4O2/c1-4-18(3)26(22(28)20-16-23-13-14-24-20)15-12-21(27)25-17(2)10-11-19-8-6-5-7-9-19/h5-9,13-14,16-18H,4,10-12,15H2,1-3H3,(H,25,27). The van der Waals surface area contributed by atoms with Gasteiger partial charge in [-0.2, -0.15) is 0 Å². The number of carbonyl (C=O) groups is 2. The Bertz CT molecular complexity index is 737. The first-order valence-corrected chi connectivity index (χ1v) is 9.91. The highest BCUT2D eigenvalue weighted by Gasteiger charge is 2.22. The zero-order valence-corrected chi connectivity index (χ0v) is 17.0. The summed E-state index contributed by atoms with van der Waals surface area (Å²) in [5.41, 5.74) is 1.57. The summed E-state index contributed by atoms with van der Waals surface area (Å²) in [6.07, 6.45) is 7.38. The van der Waals surface area contributed by atoms with Crippen LogP contribution in [0, 0.1) is 0 Å². The molecule has 28 heavy (non-hydrogen) atoms. The summed E-state index contributed by atoms with van der Waals surface area (Å²) in [5, 5.41) is 3.04. The molecule has 1 aromatic heterocycles. The third-order valence-corrected chi connectivity index (χ3v) is 4.86. The number of benzene rings is 1. The molecule has 2 unspecified atom stereocenters. The van der Waals surface area contributed by atoms with Crippen LogP contribution in [0.1, 0.15) is 56.1 Å². The Morgan fingerprint density at radius 1 is 1.14 bits per heavy atom. The summed E-state index contributed by atoms with van der Waals surface area (Å²) in [7, 11) is 0. The lowest BCUT2D eigenvalue weighted by Crippen LogP contribution is -2.42. The predicted molar refractivity (Wildman–Crippen MR) is 110 cm³/mol. The molecule has 1 aromatic carbocycles. The van der Waals surface area contributed by atoms with Crippen molar-refractivity contribution in [2.24, 2.45) is 0 Å². The second-order valence-corrected chi connectivity index (χ2v) is 7.09. The zero-order valence-electron chi connectivity index (χ0n) is 17.0. The van der Waals surface area contributed by atoms with Crippen LogP contribution < -0.4 is 5.32 Å². The fraction of sp³-hybridized carbons (Fsp3) is 0.455. The average molecular weight is 383 g/mol. The van der Waals surface area contributed by atoms with Crippen LogP contribution in [0.25, 0.3) is 0 Å². The second kappa shape index (κ2) is 11.2. The molecular weight excluding hydrogens is 352 g/mol. The van der Waals surface area contributed by atoms with E-state index in [-0.39, 0.29) is 30.3 Å². The Balaban J connectivity index is 1.84. The highest BCUT2D eigenvalue weighted by atomic mass is 16.2. The van der Waals surface area contributed by atoms with Crippen LogP contribution in [-0.4, -0.2) is 45.3 Å². The van der Waals surface area contributed by atoms with E-state index in [1.807, 2.05) is 39.0 Å². The van der Waals surface area contributed by atoms with Crippen molar-refractivity contribution in [2.45, 2.75) is 58.5 Å². The van der Waals surface area contributed by atoms with Gasteiger partial charge in [0.25, 0.3) is 5.91 Å². The molecule has 0 aliphatic heterocycles. The second-order valence-electron chi connectivity index (χ2n) is 7.09. The van der Waals surface area contributed by atoms with E-state index in [2.05, 4.69) is 27.4 Å². The topological polar surface area (TPSA) is 75.2 Å². The molecule has 2 atom stereocenters. The molecular formula is C22H30N4O2. The fourth-order valence-corrected chi connectivity index (χ4v) is 2.97. The third-order valence-electron chi connectivity index (χ3n) is 4.86. The number of nitrogens with one attached hydrogen (secondary N) is 1. The molecule has 150 valence electrons. The number of hydrogen-bond acceptors (Lipinski definition) is 4. The number of aromatic nitrogens is 2. The smallest absolute Gasteiger partial charge is 0.274 e. The molecule has 0 radical (unpaired) electrons. The maximum Gasteiger partial charge on any atom is 0.274 e. The van der Waals surface area contributed by atoms with Crippen LogP contribution in [0.5, 0.6) is 0 Å². The Morgan fingerprint density at radius 3 is 2.54 bits per heavy atom. The molecule has 0 aliphatic rings. The molecule has 0 aliphatic carbocycles. The van der Waals surface area contributed by atoms with Gasteiger partial charge in [0.05, 0.1) is 6.20 Å². The van der Waals surface area contributed by atoms with Gasteiger partial charge in [-0.1, -0.05) is 37.3 Å². The van der Waals surface area contributed by atoms with Gasteiger partial charge in [-0.05, 0) is 38.7 Å². The summed E-state index contributed by atoms with van der Waals surface area (Å²) < 4.78 is 0. The Labute approximate surface area is 167 Å². The lowest BCUT2D eigenvalue weighted by Gasteiger charge is -2.28. The van der Waals surface area contributed by atoms with Crippen molar-refractivity contribution in [1.82, 2.24) is 20.2 Å². The molecule has 1 heterocycles. The minimum Gasteiger partial charge on any atom is -0.354 e. The highest BCUT2D eigenvalue weighted by molar-refractivity contribution is 5.92. The van der Waals surface area contributed by atoms with E-state index in [4.69, 9.17) is 0 Å². The molecule has 0 spiro atoms. The SMILES string of the molecule is CCC(C)N(CCC(=O)NC(C)CCc1ccccc1)C(=O)c1cnccn1. The van der Waals surface area contributed by atoms with Crippen molar-refractivity contribution in [2.75, 3.05) is 6.54 Å². The van der Waals surface area contributed by atoms with Crippen molar-refractivity contribution in [1.29, 1.82) is 0 Å². The van der Waals surface area contributed by atoms with Crippen LogP contribution in [0.3, 0.4) is 0 Å². The first-order chi connectivity index (χ1) is 13.5. The van der Waals surface area contributed by atoms with Gasteiger partial charge in [0.15, 0.2) is 0 Å². The molecule has 2 rings (SSSR count). The summed E-state index contributed by atoms with van der Waals surface area (Å²) >= 11 is 0. The zero-order chi connectivity index (χ0) is 20.4. The largest absolute Gasteiger partial charge is 0.354 e. The fourth-order valence-electron chi connectivity index (χ4n) is 2.97. The summed E-state index contributed by atoms with van der Waals surface area (Å²) in [4.78, 5) is 34.9. The summed E-state index contributed by atoms with van der Waals surface area (Å²) in [6, 6.07) is 10.3. The maximum absolute atomic E-state index is 12.7. The summed E-state index contributed by atoms with van der Waals surface area (Å²) in [5.74, 6) is -0.229. The number of hydrogen-bond donors (Lipinski definition) is 1. The van der Waals surface area contributed by atoms with Gasteiger partial charge in [-0.25, -0.2) is 4.98 Å². The molecule has 0 saturated carbocycles. The lowest BCUT2D eigenvalue weighted by molar-refractivity contribution is -0.122. The molecule has 1 N–H and O–H groups in total. The van der Waals surface area contributed by atoms with E-state index in [9.17, 15) is 9.59 Å². The van der Waals surface area contributed by atoms with Crippen LogP contribution in [0.4, 0.5) is 0 Å². The van der Waals surface area contributed by atoms with Gasteiger partial charge in [0.1, 0.15) is 5.69 Å². The van der Waals surface area contributed by atoms with E-state index in [1.165, 1.54) is 24.2 Å². The Hall–Kier alpha value is -2.76. The van der Waals surface area contributed by atoms with Crippen molar-refractivity contribution in [3.8, 4) is 0 Å². The molecule has 0 bridgehead atoms. The van der Waals surface area contributed by atoms with Crippen molar-refractivity contribution < 1.29 is 9.59 Å². The summed E-state index contributed by atoms with van der Waals surface area (Å²) in [6.45, 7) is 6.38. The molecule has 2 aromatic rings. The van der Waals surface area contributed by atoms with E-state index < -0.39 is 0 Å². The number of amides is 2. The van der Waals surface area contributed by atoms with Gasteiger partial charge in [0, 0.05) is 37.4 Å². The number of aryl methyl sites for hydroxylation is 1.